The first kappa shape index (κ1) is 35.1. The summed E-state index contributed by atoms with van der Waals surface area (Å²) in [7, 11) is 2.02. The lowest BCUT2D eigenvalue weighted by Crippen LogP contribution is -2.55. The van der Waals surface area contributed by atoms with Crippen LogP contribution in [0.1, 0.15) is 86.5 Å². The first-order valence-electron chi connectivity index (χ1n) is 16.9. The van der Waals surface area contributed by atoms with Crippen molar-refractivity contribution >= 4 is 46.7 Å². The van der Waals surface area contributed by atoms with E-state index in [0.29, 0.717) is 29.5 Å². The van der Waals surface area contributed by atoms with E-state index in [4.69, 9.17) is 0 Å². The van der Waals surface area contributed by atoms with Crippen molar-refractivity contribution < 1.29 is 19.2 Å². The number of amides is 4. The van der Waals surface area contributed by atoms with Crippen LogP contribution in [0.4, 0.5) is 11.5 Å². The number of carbonyl (C=O) groups excluding carboxylic acids is 4. The lowest BCUT2D eigenvalue weighted by molar-refractivity contribution is -0.135. The third-order valence-electron chi connectivity index (χ3n) is 9.50. The van der Waals surface area contributed by atoms with Gasteiger partial charge in [0.05, 0.1) is 12.4 Å². The highest BCUT2D eigenvalue weighted by Crippen LogP contribution is 2.32. The van der Waals surface area contributed by atoms with Gasteiger partial charge in [0.15, 0.2) is 0 Å². The maximum absolute atomic E-state index is 13.9. The lowest BCUT2D eigenvalue weighted by Gasteiger charge is -2.36. The van der Waals surface area contributed by atoms with Crippen molar-refractivity contribution in [2.24, 2.45) is 11.8 Å². The van der Waals surface area contributed by atoms with Crippen LogP contribution in [0.15, 0.2) is 42.7 Å². The Morgan fingerprint density at radius 1 is 0.875 bits per heavy atom. The number of nitrogens with zero attached hydrogens (tertiary/aromatic N) is 6. The number of aromatic nitrogens is 4. The number of rotatable bonds is 11. The SMILES string of the molecule is CC(C)n1nccc1NC(=O)[C@H](C(=O)Nc1ccc([C@H](C)[C@@H](NC(=O)c2cnns2)C(=O)N2CCN(C)CC2)cc1)C1CCCCCC1. The molecule has 1 saturated carbocycles. The van der Waals surface area contributed by atoms with Gasteiger partial charge >= 0.3 is 0 Å². The van der Waals surface area contributed by atoms with Crippen LogP contribution in [-0.2, 0) is 14.4 Å². The Labute approximate surface area is 286 Å². The van der Waals surface area contributed by atoms with Crippen molar-refractivity contribution in [2.45, 2.75) is 77.3 Å². The van der Waals surface area contributed by atoms with Gasteiger partial charge in [-0.1, -0.05) is 49.2 Å². The van der Waals surface area contributed by atoms with Gasteiger partial charge in [0.1, 0.15) is 22.7 Å². The molecule has 1 aromatic carbocycles. The Morgan fingerprint density at radius 3 is 2.17 bits per heavy atom. The van der Waals surface area contributed by atoms with Crippen molar-refractivity contribution in [1.29, 1.82) is 0 Å². The van der Waals surface area contributed by atoms with Gasteiger partial charge in [0.2, 0.25) is 17.7 Å². The molecule has 1 saturated heterocycles. The Bertz CT molecular complexity index is 1530. The fourth-order valence-corrected chi connectivity index (χ4v) is 7.02. The highest BCUT2D eigenvalue weighted by Gasteiger charge is 2.36. The molecule has 0 bridgehead atoms. The Hall–Kier alpha value is -4.17. The number of carbonyl (C=O) groups is 4. The van der Waals surface area contributed by atoms with Gasteiger partial charge in [-0.05, 0) is 68.9 Å². The van der Waals surface area contributed by atoms with Gasteiger partial charge in [0, 0.05) is 49.9 Å². The van der Waals surface area contributed by atoms with E-state index < -0.39 is 17.9 Å². The van der Waals surface area contributed by atoms with E-state index in [1.807, 2.05) is 40.0 Å². The molecule has 2 aliphatic rings. The Balaban J connectivity index is 1.32. The molecule has 258 valence electrons. The summed E-state index contributed by atoms with van der Waals surface area (Å²) in [4.78, 5) is 58.7. The summed E-state index contributed by atoms with van der Waals surface area (Å²) in [6, 6.07) is 8.26. The van der Waals surface area contributed by atoms with Gasteiger partial charge in [-0.15, -0.1) is 5.10 Å². The van der Waals surface area contributed by atoms with E-state index in [2.05, 4.69) is 35.5 Å². The number of likely N-dealkylation sites (N-methyl/N-ethyl adjacent to an activating group) is 1. The monoisotopic (exact) mass is 677 g/mol. The summed E-state index contributed by atoms with van der Waals surface area (Å²) in [5.74, 6) is -1.95. The second-order valence-electron chi connectivity index (χ2n) is 13.2. The number of benzene rings is 1. The van der Waals surface area contributed by atoms with E-state index in [0.717, 1.165) is 68.7 Å². The molecule has 2 aromatic heterocycles. The fraction of sp³-hybridized carbons (Fsp3) is 0.559. The summed E-state index contributed by atoms with van der Waals surface area (Å²) in [6.07, 6.45) is 8.85. The number of hydrogen-bond donors (Lipinski definition) is 3. The molecule has 1 aliphatic carbocycles. The normalized spacial score (nSPS) is 18.1. The average Bonchev–Trinajstić information content (AvgIpc) is 3.72. The van der Waals surface area contributed by atoms with Gasteiger partial charge in [-0.25, -0.2) is 4.68 Å². The van der Waals surface area contributed by atoms with Gasteiger partial charge < -0.3 is 25.8 Å². The fourth-order valence-electron chi connectivity index (χ4n) is 6.61. The molecule has 1 aliphatic heterocycles. The molecule has 0 unspecified atom stereocenters. The molecular weight excluding hydrogens is 630 g/mol. The largest absolute Gasteiger partial charge is 0.339 e. The van der Waals surface area contributed by atoms with Crippen LogP contribution < -0.4 is 16.0 Å². The predicted molar refractivity (Wildman–Crippen MR) is 185 cm³/mol. The molecule has 3 N–H and O–H groups in total. The van der Waals surface area contributed by atoms with Gasteiger partial charge in [-0.2, -0.15) is 5.10 Å². The highest BCUT2D eigenvalue weighted by atomic mass is 32.1. The summed E-state index contributed by atoms with van der Waals surface area (Å²) in [5, 5.41) is 17.0. The van der Waals surface area contributed by atoms with Crippen LogP contribution in [-0.4, -0.2) is 92.1 Å². The van der Waals surface area contributed by atoms with Crippen molar-refractivity contribution in [1.82, 2.24) is 34.5 Å². The zero-order chi connectivity index (χ0) is 34.2. The molecule has 48 heavy (non-hydrogen) atoms. The van der Waals surface area contributed by atoms with Crippen LogP contribution in [0.25, 0.3) is 0 Å². The van der Waals surface area contributed by atoms with Crippen molar-refractivity contribution in [2.75, 3.05) is 43.9 Å². The topological polar surface area (TPSA) is 154 Å². The summed E-state index contributed by atoms with van der Waals surface area (Å²) < 4.78 is 5.52. The summed E-state index contributed by atoms with van der Waals surface area (Å²) in [5.41, 5.74) is 1.37. The second-order valence-corrected chi connectivity index (χ2v) is 14.0. The molecule has 5 rings (SSSR count). The molecule has 3 atom stereocenters. The predicted octanol–water partition coefficient (Wildman–Crippen LogP) is 4.16. The number of hydrogen-bond acceptors (Lipinski definition) is 9. The standard InChI is InChI=1S/C34H47N9O4S/c1-22(2)43-28(15-16-36-43)38-33(46)29(25-9-7-5-6-8-10-25)32(45)37-26-13-11-24(12-14-26)23(3)30(39-31(44)27-21-35-40-48-27)34(47)42-19-17-41(4)18-20-42/h11-16,21-23,25,29-30H,5-10,17-20H2,1-4H3,(H,37,45)(H,38,46)(H,39,44)/t23-,29-,30+/m0/s1. The maximum atomic E-state index is 13.9. The zero-order valence-electron chi connectivity index (χ0n) is 28.2. The molecule has 3 aromatic rings. The summed E-state index contributed by atoms with van der Waals surface area (Å²) >= 11 is 0.976. The van der Waals surface area contributed by atoms with Gasteiger partial charge in [-0.3, -0.25) is 19.2 Å². The number of piperazine rings is 1. The van der Waals surface area contributed by atoms with E-state index in [1.165, 1.54) is 6.20 Å². The van der Waals surface area contributed by atoms with Gasteiger partial charge in [0.25, 0.3) is 5.91 Å². The van der Waals surface area contributed by atoms with Crippen molar-refractivity contribution in [3.63, 3.8) is 0 Å². The van der Waals surface area contributed by atoms with Crippen LogP contribution in [0, 0.1) is 11.8 Å². The molecule has 2 fully saturated rings. The molecule has 0 spiro atoms. The van der Waals surface area contributed by atoms with E-state index in [9.17, 15) is 19.2 Å². The van der Waals surface area contributed by atoms with E-state index in [1.54, 1.807) is 34.0 Å². The molecule has 0 radical (unpaired) electrons. The first-order valence-corrected chi connectivity index (χ1v) is 17.7. The first-order chi connectivity index (χ1) is 23.1. The third kappa shape index (κ3) is 8.64. The third-order valence-corrected chi connectivity index (χ3v) is 10.2. The van der Waals surface area contributed by atoms with Crippen molar-refractivity contribution in [3.8, 4) is 0 Å². The highest BCUT2D eigenvalue weighted by molar-refractivity contribution is 7.07. The lowest BCUT2D eigenvalue weighted by atomic mass is 9.84. The number of nitrogens with one attached hydrogen (secondary N) is 3. The molecule has 14 heteroatoms. The van der Waals surface area contributed by atoms with Crippen LogP contribution in [0.5, 0.6) is 0 Å². The maximum Gasteiger partial charge on any atom is 0.265 e. The number of anilines is 2. The summed E-state index contributed by atoms with van der Waals surface area (Å²) in [6.45, 7) is 8.56. The zero-order valence-corrected chi connectivity index (χ0v) is 29.0. The minimum absolute atomic E-state index is 0.0517. The molecule has 13 nitrogen and oxygen atoms in total. The smallest absolute Gasteiger partial charge is 0.265 e. The van der Waals surface area contributed by atoms with Crippen molar-refractivity contribution in [3.05, 3.63) is 53.2 Å². The molecule has 3 heterocycles. The van der Waals surface area contributed by atoms with Crippen LogP contribution in [0.3, 0.4) is 0 Å². The second kappa shape index (κ2) is 16.3. The van der Waals surface area contributed by atoms with E-state index in [-0.39, 0.29) is 35.6 Å². The average molecular weight is 678 g/mol. The minimum Gasteiger partial charge on any atom is -0.339 e. The molecule has 4 amide bonds. The van der Waals surface area contributed by atoms with Crippen LogP contribution in [0.2, 0.25) is 0 Å². The molecular formula is C34H47N9O4S. The van der Waals surface area contributed by atoms with E-state index >= 15 is 0 Å². The van der Waals surface area contributed by atoms with Crippen LogP contribution >= 0.6 is 11.5 Å². The Kier molecular flexibility index (Phi) is 11.9. The Morgan fingerprint density at radius 2 is 1.54 bits per heavy atom. The minimum atomic E-state index is -0.862. The quantitative estimate of drug-likeness (QED) is 0.202.